The van der Waals surface area contributed by atoms with Crippen molar-refractivity contribution in [2.45, 2.75) is 33.3 Å². The molecule has 2 amide bonds. The fourth-order valence-corrected chi connectivity index (χ4v) is 3.35. The van der Waals surface area contributed by atoms with Crippen LogP contribution in [0.1, 0.15) is 36.2 Å². The normalized spacial score (nSPS) is 15.6. The molecule has 0 unspecified atom stereocenters. The number of aryl methyl sites for hydroxylation is 1. The lowest BCUT2D eigenvalue weighted by atomic mass is 10.1. The first-order valence-electron chi connectivity index (χ1n) is 10.4. The molecule has 0 bridgehead atoms. The van der Waals surface area contributed by atoms with E-state index in [1.54, 1.807) is 50.2 Å². The van der Waals surface area contributed by atoms with Crippen LogP contribution in [0.3, 0.4) is 0 Å². The first-order chi connectivity index (χ1) is 15.2. The average Bonchev–Trinajstić information content (AvgIpc) is 3.13. The Bertz CT molecular complexity index is 1020. The number of hydrogen-bond acceptors (Lipinski definition) is 6. The average molecular weight is 438 g/mol. The van der Waals surface area contributed by atoms with E-state index in [2.05, 4.69) is 5.32 Å². The van der Waals surface area contributed by atoms with Crippen molar-refractivity contribution >= 4 is 35.1 Å². The van der Waals surface area contributed by atoms with Gasteiger partial charge in [0, 0.05) is 24.3 Å². The Morgan fingerprint density at radius 1 is 1.12 bits per heavy atom. The summed E-state index contributed by atoms with van der Waals surface area (Å²) in [4.78, 5) is 50.3. The molecule has 1 atom stereocenters. The number of nitrogens with zero attached hydrogens (tertiary/aromatic N) is 1. The lowest BCUT2D eigenvalue weighted by Gasteiger charge is -2.17. The molecular weight excluding hydrogens is 412 g/mol. The molecule has 0 aromatic heterocycles. The van der Waals surface area contributed by atoms with Gasteiger partial charge in [-0.3, -0.25) is 14.4 Å². The zero-order chi connectivity index (χ0) is 23.3. The molecule has 3 rings (SSSR count). The van der Waals surface area contributed by atoms with Gasteiger partial charge >= 0.3 is 11.9 Å². The van der Waals surface area contributed by atoms with Crippen molar-refractivity contribution in [1.82, 2.24) is 0 Å². The van der Waals surface area contributed by atoms with Gasteiger partial charge in [-0.05, 0) is 62.7 Å². The number of benzene rings is 2. The second kappa shape index (κ2) is 10.1. The number of hydrogen-bond donors (Lipinski definition) is 1. The molecule has 2 aromatic rings. The van der Waals surface area contributed by atoms with Gasteiger partial charge in [0.1, 0.15) is 0 Å². The predicted octanol–water partition coefficient (Wildman–Crippen LogP) is 3.10. The molecule has 1 aliphatic heterocycles. The summed E-state index contributed by atoms with van der Waals surface area (Å²) in [5.41, 5.74) is 2.57. The maximum atomic E-state index is 12.4. The summed E-state index contributed by atoms with van der Waals surface area (Å²) in [6.07, 6.45) is -0.233. The van der Waals surface area contributed by atoms with Crippen molar-refractivity contribution in [3.63, 3.8) is 0 Å². The monoisotopic (exact) mass is 438 g/mol. The highest BCUT2D eigenvalue weighted by atomic mass is 16.5. The van der Waals surface area contributed by atoms with Crippen molar-refractivity contribution in [3.8, 4) is 0 Å². The third-order valence-electron chi connectivity index (χ3n) is 4.86. The van der Waals surface area contributed by atoms with Gasteiger partial charge in [-0.15, -0.1) is 0 Å². The third-order valence-corrected chi connectivity index (χ3v) is 4.86. The summed E-state index contributed by atoms with van der Waals surface area (Å²) in [5, 5.41) is 2.67. The van der Waals surface area contributed by atoms with Crippen LogP contribution >= 0.6 is 0 Å². The molecule has 2 aromatic carbocycles. The summed E-state index contributed by atoms with van der Waals surface area (Å²) in [6.45, 7) is 5.15. The standard InChI is InChI=1S/C24H26N2O6/c1-15(2)32-24(30)17-7-9-20(10-8-17)26-13-18(12-22(26)28)23(29)31-14-21(27)25-19-6-4-5-16(3)11-19/h4-11,15,18H,12-14H2,1-3H3,(H,25,27)/t18-/m0/s1. The topological polar surface area (TPSA) is 102 Å². The quantitative estimate of drug-likeness (QED) is 0.667. The van der Waals surface area contributed by atoms with Crippen LogP contribution < -0.4 is 10.2 Å². The van der Waals surface area contributed by atoms with Crippen LogP contribution in [0.2, 0.25) is 0 Å². The number of rotatable bonds is 7. The number of nitrogens with one attached hydrogen (secondary N) is 1. The van der Waals surface area contributed by atoms with Crippen LogP contribution in [0, 0.1) is 12.8 Å². The highest BCUT2D eigenvalue weighted by Gasteiger charge is 2.36. The van der Waals surface area contributed by atoms with Gasteiger partial charge < -0.3 is 19.7 Å². The van der Waals surface area contributed by atoms with Gasteiger partial charge in [0.25, 0.3) is 5.91 Å². The van der Waals surface area contributed by atoms with E-state index >= 15 is 0 Å². The van der Waals surface area contributed by atoms with Crippen LogP contribution in [0.15, 0.2) is 48.5 Å². The Morgan fingerprint density at radius 2 is 1.84 bits per heavy atom. The minimum Gasteiger partial charge on any atom is -0.459 e. The number of carbonyl (C=O) groups excluding carboxylic acids is 4. The summed E-state index contributed by atoms with van der Waals surface area (Å²) in [5.74, 6) is -2.38. The van der Waals surface area contributed by atoms with E-state index in [1.165, 1.54) is 4.90 Å². The number of ether oxygens (including phenoxy) is 2. The Kier molecular flexibility index (Phi) is 7.25. The molecule has 1 N–H and O–H groups in total. The Hall–Kier alpha value is -3.68. The molecule has 32 heavy (non-hydrogen) atoms. The first kappa shape index (κ1) is 23.0. The highest BCUT2D eigenvalue weighted by Crippen LogP contribution is 2.26. The summed E-state index contributed by atoms with van der Waals surface area (Å²) in [6, 6.07) is 13.7. The van der Waals surface area contributed by atoms with Crippen molar-refractivity contribution in [2.75, 3.05) is 23.4 Å². The molecule has 0 aliphatic carbocycles. The molecule has 1 heterocycles. The number of anilines is 2. The molecule has 1 saturated heterocycles. The summed E-state index contributed by atoms with van der Waals surface area (Å²) in [7, 11) is 0. The van der Waals surface area contributed by atoms with E-state index in [4.69, 9.17) is 9.47 Å². The largest absolute Gasteiger partial charge is 0.459 e. The Morgan fingerprint density at radius 3 is 2.50 bits per heavy atom. The molecular formula is C24H26N2O6. The van der Waals surface area contributed by atoms with E-state index < -0.39 is 30.4 Å². The number of amides is 2. The van der Waals surface area contributed by atoms with E-state index in [0.29, 0.717) is 16.9 Å². The third kappa shape index (κ3) is 5.94. The van der Waals surface area contributed by atoms with Crippen LogP contribution in [-0.4, -0.2) is 43.0 Å². The van der Waals surface area contributed by atoms with Gasteiger partial charge in [0.05, 0.1) is 17.6 Å². The van der Waals surface area contributed by atoms with E-state index in [0.717, 1.165) is 5.56 Å². The highest BCUT2D eigenvalue weighted by molar-refractivity contribution is 6.00. The van der Waals surface area contributed by atoms with Gasteiger partial charge in [-0.25, -0.2) is 4.79 Å². The number of carbonyl (C=O) groups is 4. The maximum absolute atomic E-state index is 12.4. The van der Waals surface area contributed by atoms with Crippen molar-refractivity contribution < 1.29 is 28.7 Å². The molecule has 8 nitrogen and oxygen atoms in total. The smallest absolute Gasteiger partial charge is 0.338 e. The fraction of sp³-hybridized carbons (Fsp3) is 0.333. The van der Waals surface area contributed by atoms with Crippen LogP contribution in [-0.2, 0) is 23.9 Å². The van der Waals surface area contributed by atoms with Crippen LogP contribution in [0.5, 0.6) is 0 Å². The minimum atomic E-state index is -0.667. The molecule has 0 radical (unpaired) electrons. The summed E-state index contributed by atoms with van der Waals surface area (Å²) >= 11 is 0. The first-order valence-corrected chi connectivity index (χ1v) is 10.4. The molecule has 8 heteroatoms. The predicted molar refractivity (Wildman–Crippen MR) is 118 cm³/mol. The molecule has 0 spiro atoms. The molecule has 168 valence electrons. The second-order valence-corrected chi connectivity index (χ2v) is 7.93. The van der Waals surface area contributed by atoms with Crippen molar-refractivity contribution in [2.24, 2.45) is 5.92 Å². The van der Waals surface area contributed by atoms with E-state index in [1.807, 2.05) is 19.1 Å². The Balaban J connectivity index is 1.52. The molecule has 1 fully saturated rings. The van der Waals surface area contributed by atoms with Crippen molar-refractivity contribution in [3.05, 3.63) is 59.7 Å². The van der Waals surface area contributed by atoms with Gasteiger partial charge in [-0.1, -0.05) is 12.1 Å². The van der Waals surface area contributed by atoms with E-state index in [-0.39, 0.29) is 25.0 Å². The van der Waals surface area contributed by atoms with Crippen molar-refractivity contribution in [1.29, 1.82) is 0 Å². The van der Waals surface area contributed by atoms with Crippen LogP contribution in [0.4, 0.5) is 11.4 Å². The minimum absolute atomic E-state index is 0.00449. The van der Waals surface area contributed by atoms with Gasteiger partial charge in [0.15, 0.2) is 6.61 Å². The number of esters is 2. The molecule has 1 aliphatic rings. The fourth-order valence-electron chi connectivity index (χ4n) is 3.35. The lowest BCUT2D eigenvalue weighted by Crippen LogP contribution is -2.28. The lowest BCUT2D eigenvalue weighted by molar-refractivity contribution is -0.151. The summed E-state index contributed by atoms with van der Waals surface area (Å²) < 4.78 is 10.3. The second-order valence-electron chi connectivity index (χ2n) is 7.93. The molecule has 0 saturated carbocycles. The zero-order valence-corrected chi connectivity index (χ0v) is 18.3. The zero-order valence-electron chi connectivity index (χ0n) is 18.3. The Labute approximate surface area is 186 Å². The SMILES string of the molecule is Cc1cccc(NC(=O)COC(=O)[C@H]2CC(=O)N(c3ccc(C(=O)OC(C)C)cc3)C2)c1. The maximum Gasteiger partial charge on any atom is 0.338 e. The van der Waals surface area contributed by atoms with Gasteiger partial charge in [0.2, 0.25) is 5.91 Å². The van der Waals surface area contributed by atoms with E-state index in [9.17, 15) is 19.2 Å². The van der Waals surface area contributed by atoms with Crippen LogP contribution in [0.25, 0.3) is 0 Å². The van der Waals surface area contributed by atoms with Gasteiger partial charge in [-0.2, -0.15) is 0 Å².